The molecule has 1 atom stereocenters. The molecule has 2 N–H and O–H groups in total. The summed E-state index contributed by atoms with van der Waals surface area (Å²) in [4.78, 5) is 12.4. The van der Waals surface area contributed by atoms with Gasteiger partial charge in [0.1, 0.15) is 5.75 Å². The molecule has 0 aliphatic carbocycles. The van der Waals surface area contributed by atoms with Gasteiger partial charge in [0.2, 0.25) is 0 Å². The maximum atomic E-state index is 12.4. The van der Waals surface area contributed by atoms with Crippen molar-refractivity contribution in [3.63, 3.8) is 0 Å². The fourth-order valence-corrected chi connectivity index (χ4v) is 3.08. The van der Waals surface area contributed by atoms with Gasteiger partial charge in [0.15, 0.2) is 6.10 Å². The van der Waals surface area contributed by atoms with Gasteiger partial charge in [-0.05, 0) is 46.7 Å². The molecule has 27 heavy (non-hydrogen) atoms. The first kappa shape index (κ1) is 21.3. The third-order valence-electron chi connectivity index (χ3n) is 4.75. The summed E-state index contributed by atoms with van der Waals surface area (Å²) in [6.45, 7) is 10.6. The van der Waals surface area contributed by atoms with Gasteiger partial charge in [0, 0.05) is 19.6 Å². The zero-order chi connectivity index (χ0) is 18.7. The molecule has 0 fully saturated rings. The number of fused-ring (bicyclic) bond motifs is 1. The highest BCUT2D eigenvalue weighted by atomic mass is 35.5. The second kappa shape index (κ2) is 8.77. The Balaban J connectivity index is 0.00000261. The summed E-state index contributed by atoms with van der Waals surface area (Å²) in [7, 11) is 0. The van der Waals surface area contributed by atoms with Gasteiger partial charge < -0.3 is 15.4 Å². The van der Waals surface area contributed by atoms with Crippen molar-refractivity contribution in [2.24, 2.45) is 0 Å². The minimum absolute atomic E-state index is 0. The van der Waals surface area contributed by atoms with Crippen molar-refractivity contribution in [2.45, 2.75) is 58.8 Å². The van der Waals surface area contributed by atoms with Crippen molar-refractivity contribution in [3.05, 3.63) is 64.7 Å². The van der Waals surface area contributed by atoms with Gasteiger partial charge in [0.25, 0.3) is 5.91 Å². The van der Waals surface area contributed by atoms with Gasteiger partial charge >= 0.3 is 0 Å². The molecule has 0 saturated carbocycles. The molecule has 2 aromatic rings. The lowest BCUT2D eigenvalue weighted by atomic mass is 9.87. The van der Waals surface area contributed by atoms with Crippen molar-refractivity contribution in [2.75, 3.05) is 0 Å². The van der Waals surface area contributed by atoms with Crippen molar-refractivity contribution in [3.8, 4) is 5.75 Å². The van der Waals surface area contributed by atoms with Gasteiger partial charge in [-0.15, -0.1) is 12.4 Å². The third-order valence-corrected chi connectivity index (χ3v) is 4.75. The largest absolute Gasteiger partial charge is 0.481 e. The fourth-order valence-electron chi connectivity index (χ4n) is 3.08. The van der Waals surface area contributed by atoms with E-state index < -0.39 is 6.10 Å². The number of carbonyl (C=O) groups is 1. The van der Waals surface area contributed by atoms with E-state index in [9.17, 15) is 4.79 Å². The predicted octanol–water partition coefficient (Wildman–Crippen LogP) is 4.09. The number of hydrogen-bond donors (Lipinski definition) is 2. The topological polar surface area (TPSA) is 50.4 Å². The molecule has 1 unspecified atom stereocenters. The molecular weight excluding hydrogens is 360 g/mol. The van der Waals surface area contributed by atoms with Crippen LogP contribution in [0.5, 0.6) is 5.75 Å². The van der Waals surface area contributed by atoms with Crippen LogP contribution in [0.3, 0.4) is 0 Å². The molecule has 0 spiro atoms. The second-order valence-electron chi connectivity index (χ2n) is 7.96. The Morgan fingerprint density at radius 1 is 1.15 bits per heavy atom. The van der Waals surface area contributed by atoms with Crippen LogP contribution in [-0.2, 0) is 29.8 Å². The van der Waals surface area contributed by atoms with Crippen LogP contribution in [0.2, 0.25) is 0 Å². The second-order valence-corrected chi connectivity index (χ2v) is 7.96. The van der Waals surface area contributed by atoms with Crippen molar-refractivity contribution in [1.82, 2.24) is 10.6 Å². The Labute approximate surface area is 168 Å². The first-order valence-electron chi connectivity index (χ1n) is 9.19. The number of carbonyl (C=O) groups excluding carboxylic acids is 1. The maximum absolute atomic E-state index is 12.4. The Hall–Kier alpha value is -2.04. The predicted molar refractivity (Wildman–Crippen MR) is 111 cm³/mol. The van der Waals surface area contributed by atoms with Crippen LogP contribution in [-0.4, -0.2) is 12.0 Å². The standard InChI is InChI=1S/C22H28N2O2.ClH/c1-15(26-20-7-5-6-19(11-20)22(2,3)4)21(25)24-12-16-8-9-17-13-23-14-18(17)10-16;/h5-11,15,23H,12-14H2,1-4H3,(H,24,25);1H. The Morgan fingerprint density at radius 3 is 2.63 bits per heavy atom. The highest BCUT2D eigenvalue weighted by Gasteiger charge is 2.18. The van der Waals surface area contributed by atoms with Crippen molar-refractivity contribution < 1.29 is 9.53 Å². The minimum Gasteiger partial charge on any atom is -0.481 e. The fraction of sp³-hybridized carbons (Fsp3) is 0.409. The Bertz CT molecular complexity index is 799. The Morgan fingerprint density at radius 2 is 1.89 bits per heavy atom. The number of ether oxygens (including phenoxy) is 1. The van der Waals surface area contributed by atoms with E-state index in [1.165, 1.54) is 16.7 Å². The molecule has 4 nitrogen and oxygen atoms in total. The zero-order valence-corrected chi connectivity index (χ0v) is 17.3. The van der Waals surface area contributed by atoms with Gasteiger partial charge in [-0.1, -0.05) is 51.1 Å². The van der Waals surface area contributed by atoms with Crippen molar-refractivity contribution >= 4 is 18.3 Å². The first-order chi connectivity index (χ1) is 12.3. The molecule has 0 bridgehead atoms. The lowest BCUT2D eigenvalue weighted by molar-refractivity contribution is -0.127. The van der Waals surface area contributed by atoms with E-state index in [1.54, 1.807) is 6.92 Å². The summed E-state index contributed by atoms with van der Waals surface area (Å²) < 4.78 is 5.85. The van der Waals surface area contributed by atoms with E-state index in [1.807, 2.05) is 18.2 Å². The van der Waals surface area contributed by atoms with Crippen LogP contribution >= 0.6 is 12.4 Å². The molecule has 0 aromatic heterocycles. The SMILES string of the molecule is CC(Oc1cccc(C(C)(C)C)c1)C(=O)NCc1ccc2c(c1)CNC2.Cl. The average Bonchev–Trinajstić information content (AvgIpc) is 3.06. The first-order valence-corrected chi connectivity index (χ1v) is 9.19. The summed E-state index contributed by atoms with van der Waals surface area (Å²) in [6, 6.07) is 14.3. The minimum atomic E-state index is -0.540. The number of benzene rings is 2. The Kier molecular flexibility index (Phi) is 6.90. The molecule has 146 valence electrons. The highest BCUT2D eigenvalue weighted by molar-refractivity contribution is 5.85. The maximum Gasteiger partial charge on any atom is 0.261 e. The molecule has 0 radical (unpaired) electrons. The molecule has 1 amide bonds. The summed E-state index contributed by atoms with van der Waals surface area (Å²) in [6.07, 6.45) is -0.540. The van der Waals surface area contributed by atoms with Crippen LogP contribution in [0.1, 0.15) is 49.9 Å². The normalized spacial score (nSPS) is 14.1. The van der Waals surface area contributed by atoms with Crippen LogP contribution in [0.15, 0.2) is 42.5 Å². The molecule has 5 heteroatoms. The quantitative estimate of drug-likeness (QED) is 0.810. The third kappa shape index (κ3) is 5.47. The lowest BCUT2D eigenvalue weighted by Gasteiger charge is -2.21. The summed E-state index contributed by atoms with van der Waals surface area (Å²) >= 11 is 0. The van der Waals surface area contributed by atoms with E-state index in [0.29, 0.717) is 6.54 Å². The smallest absolute Gasteiger partial charge is 0.261 e. The molecule has 2 aromatic carbocycles. The van der Waals surface area contributed by atoms with Gasteiger partial charge in [0.05, 0.1) is 0 Å². The monoisotopic (exact) mass is 388 g/mol. The number of halogens is 1. The summed E-state index contributed by atoms with van der Waals surface area (Å²) in [5.41, 5.74) is 5.01. The average molecular weight is 389 g/mol. The number of amides is 1. The highest BCUT2D eigenvalue weighted by Crippen LogP contribution is 2.26. The molecule has 0 saturated heterocycles. The lowest BCUT2D eigenvalue weighted by Crippen LogP contribution is -2.36. The van der Waals surface area contributed by atoms with E-state index in [0.717, 1.165) is 24.4 Å². The van der Waals surface area contributed by atoms with Crippen LogP contribution in [0.25, 0.3) is 0 Å². The molecule has 1 heterocycles. The van der Waals surface area contributed by atoms with Crippen molar-refractivity contribution in [1.29, 1.82) is 0 Å². The number of rotatable bonds is 5. The van der Waals surface area contributed by atoms with E-state index in [4.69, 9.17) is 4.74 Å². The van der Waals surface area contributed by atoms with Gasteiger partial charge in [-0.2, -0.15) is 0 Å². The van der Waals surface area contributed by atoms with Crippen LogP contribution in [0, 0.1) is 0 Å². The molecule has 3 rings (SSSR count). The summed E-state index contributed by atoms with van der Waals surface area (Å²) in [5.74, 6) is 0.619. The van der Waals surface area contributed by atoms with E-state index in [2.05, 4.69) is 55.7 Å². The molecule has 1 aliphatic heterocycles. The van der Waals surface area contributed by atoms with Crippen LogP contribution in [0.4, 0.5) is 0 Å². The number of nitrogens with one attached hydrogen (secondary N) is 2. The van der Waals surface area contributed by atoms with Gasteiger partial charge in [-0.25, -0.2) is 0 Å². The summed E-state index contributed by atoms with van der Waals surface area (Å²) in [5, 5.41) is 6.30. The van der Waals surface area contributed by atoms with Gasteiger partial charge in [-0.3, -0.25) is 4.79 Å². The van der Waals surface area contributed by atoms with E-state index in [-0.39, 0.29) is 23.7 Å². The number of hydrogen-bond acceptors (Lipinski definition) is 3. The zero-order valence-electron chi connectivity index (χ0n) is 16.5. The van der Waals surface area contributed by atoms with Crippen LogP contribution < -0.4 is 15.4 Å². The molecule has 1 aliphatic rings. The molecular formula is C22H29ClN2O2. The van der Waals surface area contributed by atoms with E-state index >= 15 is 0 Å².